The number of methoxy groups -OCH3 is 1. The summed E-state index contributed by atoms with van der Waals surface area (Å²) in [6.07, 6.45) is 3.23. The predicted molar refractivity (Wildman–Crippen MR) is 109 cm³/mol. The van der Waals surface area contributed by atoms with Crippen LogP contribution in [0.1, 0.15) is 37.8 Å². The van der Waals surface area contributed by atoms with Crippen molar-refractivity contribution in [3.63, 3.8) is 0 Å². The molecule has 0 aromatic heterocycles. The lowest BCUT2D eigenvalue weighted by Crippen LogP contribution is -2.45. The van der Waals surface area contributed by atoms with Gasteiger partial charge in [-0.15, -0.1) is 0 Å². The van der Waals surface area contributed by atoms with Crippen molar-refractivity contribution in [1.29, 1.82) is 0 Å². The number of rotatable bonds is 5. The number of amides is 1. The molecule has 1 fully saturated rings. The van der Waals surface area contributed by atoms with Crippen LogP contribution in [0.15, 0.2) is 35.5 Å². The minimum atomic E-state index is -0.525. The van der Waals surface area contributed by atoms with Crippen molar-refractivity contribution in [3.05, 3.63) is 41.1 Å². The second-order valence-corrected chi connectivity index (χ2v) is 7.24. The molecule has 1 amide bonds. The summed E-state index contributed by atoms with van der Waals surface area (Å²) in [6, 6.07) is 6.80. The lowest BCUT2D eigenvalue weighted by Gasteiger charge is -2.31. The number of ether oxygens (including phenoxy) is 2. The van der Waals surface area contributed by atoms with Gasteiger partial charge in [0.15, 0.2) is 11.7 Å². The van der Waals surface area contributed by atoms with E-state index in [9.17, 15) is 9.59 Å². The van der Waals surface area contributed by atoms with Crippen LogP contribution >= 0.6 is 12.2 Å². The number of likely N-dealkylation sites (tertiary alicyclic amines) is 1. The molecule has 0 bridgehead atoms. The van der Waals surface area contributed by atoms with E-state index in [-0.39, 0.29) is 12.5 Å². The first-order valence-corrected chi connectivity index (χ1v) is 9.78. The molecule has 1 saturated heterocycles. The second-order valence-electron chi connectivity index (χ2n) is 6.83. The maximum Gasteiger partial charge on any atom is 0.337 e. The summed E-state index contributed by atoms with van der Waals surface area (Å²) in [5, 5.41) is 6.47. The zero-order chi connectivity index (χ0) is 20.1. The number of carbonyl (C=O) groups excluding carboxylic acids is 2. The van der Waals surface area contributed by atoms with E-state index in [1.54, 1.807) is 13.0 Å². The van der Waals surface area contributed by atoms with Crippen LogP contribution in [0.5, 0.6) is 5.75 Å². The van der Waals surface area contributed by atoms with Gasteiger partial charge in [0.05, 0.1) is 18.7 Å². The number of para-hydroxylation sites is 1. The fourth-order valence-corrected chi connectivity index (χ4v) is 3.80. The van der Waals surface area contributed by atoms with Crippen LogP contribution in [0.2, 0.25) is 0 Å². The Balaban J connectivity index is 1.82. The molecule has 3 rings (SSSR count). The van der Waals surface area contributed by atoms with E-state index in [1.807, 2.05) is 23.1 Å². The number of nitrogens with one attached hydrogen (secondary N) is 2. The number of nitrogens with zero attached hydrogens (tertiary/aromatic N) is 1. The lowest BCUT2D eigenvalue weighted by molar-refractivity contribution is -0.137. The molecule has 2 aliphatic rings. The Bertz CT molecular complexity index is 802. The first-order chi connectivity index (χ1) is 13.5. The number of hydrogen-bond donors (Lipinski definition) is 2. The largest absolute Gasteiger partial charge is 0.483 e. The van der Waals surface area contributed by atoms with Gasteiger partial charge in [0, 0.05) is 24.4 Å². The van der Waals surface area contributed by atoms with Crippen LogP contribution in [0.3, 0.4) is 0 Å². The molecule has 2 N–H and O–H groups in total. The molecule has 28 heavy (non-hydrogen) atoms. The first kappa shape index (κ1) is 20.1. The van der Waals surface area contributed by atoms with Crippen LogP contribution in [0.25, 0.3) is 0 Å². The lowest BCUT2D eigenvalue weighted by atomic mass is 9.95. The van der Waals surface area contributed by atoms with E-state index in [0.29, 0.717) is 22.1 Å². The highest BCUT2D eigenvalue weighted by Crippen LogP contribution is 2.33. The van der Waals surface area contributed by atoms with Crippen molar-refractivity contribution in [1.82, 2.24) is 15.5 Å². The van der Waals surface area contributed by atoms with Gasteiger partial charge >= 0.3 is 5.97 Å². The highest BCUT2D eigenvalue weighted by Gasteiger charge is 2.32. The van der Waals surface area contributed by atoms with E-state index < -0.39 is 12.0 Å². The molecular weight excluding hydrogens is 378 g/mol. The van der Waals surface area contributed by atoms with E-state index in [4.69, 9.17) is 21.7 Å². The maximum absolute atomic E-state index is 12.5. The van der Waals surface area contributed by atoms with Gasteiger partial charge in [-0.2, -0.15) is 0 Å². The summed E-state index contributed by atoms with van der Waals surface area (Å²) >= 11 is 5.26. The van der Waals surface area contributed by atoms with E-state index in [2.05, 4.69) is 10.6 Å². The monoisotopic (exact) mass is 403 g/mol. The summed E-state index contributed by atoms with van der Waals surface area (Å²) in [5.74, 6) is 0.0525. The normalized spacial score (nSPS) is 19.6. The van der Waals surface area contributed by atoms with Crippen LogP contribution in [-0.2, 0) is 14.3 Å². The molecule has 1 aromatic carbocycles. The Kier molecular flexibility index (Phi) is 6.51. The van der Waals surface area contributed by atoms with Gasteiger partial charge < -0.3 is 25.0 Å². The summed E-state index contributed by atoms with van der Waals surface area (Å²) < 4.78 is 10.8. The molecule has 1 aromatic rings. The Morgan fingerprint density at radius 3 is 2.64 bits per heavy atom. The average molecular weight is 404 g/mol. The highest BCUT2D eigenvalue weighted by molar-refractivity contribution is 7.80. The third kappa shape index (κ3) is 4.44. The minimum Gasteiger partial charge on any atom is -0.483 e. The summed E-state index contributed by atoms with van der Waals surface area (Å²) in [7, 11) is 1.34. The first-order valence-electron chi connectivity index (χ1n) is 9.37. The standard InChI is InChI=1S/C20H25N3O4S/c1-13-17(19(25)26-2)18(22-20(28)21-13)14-8-4-5-9-15(14)27-12-16(24)23-10-6-3-7-11-23/h4-5,8-9,18H,3,6-7,10-12H2,1-2H3,(H2,21,22,28). The number of benzene rings is 1. The van der Waals surface area contributed by atoms with Crippen molar-refractivity contribution < 1.29 is 19.1 Å². The molecule has 2 aliphatic heterocycles. The van der Waals surface area contributed by atoms with Crippen molar-refractivity contribution in [2.75, 3.05) is 26.8 Å². The molecule has 2 heterocycles. The van der Waals surface area contributed by atoms with Gasteiger partial charge in [0.2, 0.25) is 0 Å². The Morgan fingerprint density at radius 2 is 1.93 bits per heavy atom. The molecule has 1 atom stereocenters. The van der Waals surface area contributed by atoms with Crippen LogP contribution in [-0.4, -0.2) is 48.7 Å². The number of esters is 1. The van der Waals surface area contributed by atoms with Gasteiger partial charge in [-0.3, -0.25) is 4.79 Å². The predicted octanol–water partition coefficient (Wildman–Crippen LogP) is 2.04. The fraction of sp³-hybridized carbons (Fsp3) is 0.450. The molecule has 0 spiro atoms. The van der Waals surface area contributed by atoms with E-state index in [1.165, 1.54) is 7.11 Å². The molecular formula is C20H25N3O4S. The average Bonchev–Trinajstić information content (AvgIpc) is 2.71. The Hall–Kier alpha value is -2.61. The van der Waals surface area contributed by atoms with Crippen molar-refractivity contribution in [2.45, 2.75) is 32.2 Å². The highest BCUT2D eigenvalue weighted by atomic mass is 32.1. The van der Waals surface area contributed by atoms with Gasteiger partial charge in [-0.25, -0.2) is 4.79 Å². The van der Waals surface area contributed by atoms with Gasteiger partial charge in [-0.05, 0) is 44.5 Å². The number of allylic oxidation sites excluding steroid dienone is 1. The van der Waals surface area contributed by atoms with Crippen LogP contribution < -0.4 is 15.4 Å². The molecule has 7 nitrogen and oxygen atoms in total. The third-order valence-electron chi connectivity index (χ3n) is 4.96. The Morgan fingerprint density at radius 1 is 1.21 bits per heavy atom. The van der Waals surface area contributed by atoms with Crippen LogP contribution in [0.4, 0.5) is 0 Å². The van der Waals surface area contributed by atoms with Crippen molar-refractivity contribution in [2.24, 2.45) is 0 Å². The van der Waals surface area contributed by atoms with E-state index >= 15 is 0 Å². The van der Waals surface area contributed by atoms with Gasteiger partial charge in [0.1, 0.15) is 5.75 Å². The van der Waals surface area contributed by atoms with E-state index in [0.717, 1.165) is 37.9 Å². The number of piperidine rings is 1. The smallest absolute Gasteiger partial charge is 0.337 e. The molecule has 8 heteroatoms. The molecule has 0 saturated carbocycles. The number of hydrogen-bond acceptors (Lipinski definition) is 5. The maximum atomic E-state index is 12.5. The number of carbonyl (C=O) groups is 2. The minimum absolute atomic E-state index is 0.0248. The van der Waals surface area contributed by atoms with Crippen molar-refractivity contribution >= 4 is 29.2 Å². The zero-order valence-corrected chi connectivity index (χ0v) is 16.9. The Labute approximate surface area is 170 Å². The quantitative estimate of drug-likeness (QED) is 0.575. The summed E-state index contributed by atoms with van der Waals surface area (Å²) in [6.45, 7) is 3.29. The topological polar surface area (TPSA) is 79.9 Å². The molecule has 1 unspecified atom stereocenters. The van der Waals surface area contributed by atoms with Crippen molar-refractivity contribution in [3.8, 4) is 5.75 Å². The third-order valence-corrected chi connectivity index (χ3v) is 5.18. The summed E-state index contributed by atoms with van der Waals surface area (Å²) in [4.78, 5) is 26.6. The molecule has 0 radical (unpaired) electrons. The van der Waals surface area contributed by atoms with Gasteiger partial charge in [-0.1, -0.05) is 18.2 Å². The molecule has 150 valence electrons. The molecule has 0 aliphatic carbocycles. The van der Waals surface area contributed by atoms with Gasteiger partial charge in [0.25, 0.3) is 5.91 Å². The summed E-state index contributed by atoms with van der Waals surface area (Å²) in [5.41, 5.74) is 1.77. The second kappa shape index (κ2) is 9.05. The SMILES string of the molecule is COC(=O)C1=C(C)NC(=S)NC1c1ccccc1OCC(=O)N1CCCCC1. The number of thiocarbonyl (C=S) groups is 1. The fourth-order valence-electron chi connectivity index (χ4n) is 3.53. The zero-order valence-electron chi connectivity index (χ0n) is 16.1. The van der Waals surface area contributed by atoms with Crippen LogP contribution in [0, 0.1) is 0 Å².